The highest BCUT2D eigenvalue weighted by molar-refractivity contribution is 5.76. The maximum atomic E-state index is 12.6. The molecule has 0 bridgehead atoms. The van der Waals surface area contributed by atoms with Crippen molar-refractivity contribution in [1.82, 2.24) is 24.9 Å². The van der Waals surface area contributed by atoms with E-state index in [4.69, 9.17) is 0 Å². The topological polar surface area (TPSA) is 72.2 Å². The van der Waals surface area contributed by atoms with Gasteiger partial charge in [0.2, 0.25) is 5.91 Å². The molecular weight excluding hydrogens is 371 g/mol. The van der Waals surface area contributed by atoms with Gasteiger partial charge in [0, 0.05) is 24.4 Å². The summed E-state index contributed by atoms with van der Waals surface area (Å²) in [5, 5.41) is 6.92. The minimum absolute atomic E-state index is 0.121. The molecule has 1 amide bonds. The third-order valence-corrected chi connectivity index (χ3v) is 4.61. The van der Waals surface area contributed by atoms with Crippen LogP contribution in [-0.2, 0) is 23.8 Å². The number of hydrogen-bond acceptors (Lipinski definition) is 4. The molecule has 0 saturated carbocycles. The quantitative estimate of drug-likeness (QED) is 0.701. The van der Waals surface area contributed by atoms with E-state index < -0.39 is 11.7 Å². The smallest absolute Gasteiger partial charge is 0.356 e. The monoisotopic (exact) mass is 391 g/mol. The Kier molecular flexibility index (Phi) is 5.62. The second-order valence-corrected chi connectivity index (χ2v) is 6.53. The lowest BCUT2D eigenvalue weighted by Gasteiger charge is -2.11. The van der Waals surface area contributed by atoms with Crippen molar-refractivity contribution in [3.8, 4) is 0 Å². The fourth-order valence-electron chi connectivity index (χ4n) is 3.05. The molecule has 6 nitrogen and oxygen atoms in total. The molecule has 9 heteroatoms. The Morgan fingerprint density at radius 3 is 2.54 bits per heavy atom. The molecule has 0 aliphatic carbocycles. The molecule has 0 aliphatic heterocycles. The summed E-state index contributed by atoms with van der Waals surface area (Å²) in [7, 11) is 0. The highest BCUT2D eigenvalue weighted by atomic mass is 19.4. The molecular formula is C19H20F3N5O. The third kappa shape index (κ3) is 4.47. The van der Waals surface area contributed by atoms with E-state index >= 15 is 0 Å². The van der Waals surface area contributed by atoms with E-state index in [9.17, 15) is 18.0 Å². The molecule has 0 aliphatic rings. The summed E-state index contributed by atoms with van der Waals surface area (Å²) < 4.78 is 39.3. The van der Waals surface area contributed by atoms with Crippen LogP contribution in [0.1, 0.15) is 34.5 Å². The Bertz CT molecular complexity index is 980. The highest BCUT2D eigenvalue weighted by Gasteiger charge is 2.29. The second kappa shape index (κ2) is 7.95. The SMILES string of the molecule is Cc1nc2ncnn2c(C)c1CCC(=O)NCCc1ccc(C(F)(F)F)cc1. The average molecular weight is 391 g/mol. The molecule has 0 saturated heterocycles. The third-order valence-electron chi connectivity index (χ3n) is 4.61. The first kappa shape index (κ1) is 19.8. The van der Waals surface area contributed by atoms with Gasteiger partial charge in [0.15, 0.2) is 0 Å². The number of carbonyl (C=O) groups excluding carboxylic acids is 1. The lowest BCUT2D eigenvalue weighted by molar-refractivity contribution is -0.137. The molecule has 0 atom stereocenters. The first-order chi connectivity index (χ1) is 13.3. The summed E-state index contributed by atoms with van der Waals surface area (Å²) in [5.74, 6) is 0.407. The van der Waals surface area contributed by atoms with Crippen LogP contribution < -0.4 is 5.32 Å². The van der Waals surface area contributed by atoms with Crippen LogP contribution in [0.2, 0.25) is 0 Å². The van der Waals surface area contributed by atoms with Crippen LogP contribution in [0.25, 0.3) is 5.78 Å². The minimum atomic E-state index is -4.34. The van der Waals surface area contributed by atoms with Gasteiger partial charge in [-0.05, 0) is 49.9 Å². The molecule has 1 aromatic carbocycles. The Morgan fingerprint density at radius 2 is 1.86 bits per heavy atom. The molecule has 0 fully saturated rings. The molecule has 2 aromatic heterocycles. The van der Waals surface area contributed by atoms with Gasteiger partial charge in [-0.1, -0.05) is 12.1 Å². The maximum Gasteiger partial charge on any atom is 0.416 e. The fourth-order valence-corrected chi connectivity index (χ4v) is 3.05. The zero-order valence-corrected chi connectivity index (χ0v) is 15.5. The van der Waals surface area contributed by atoms with Crippen molar-refractivity contribution < 1.29 is 18.0 Å². The van der Waals surface area contributed by atoms with Crippen LogP contribution in [-0.4, -0.2) is 32.0 Å². The largest absolute Gasteiger partial charge is 0.416 e. The first-order valence-electron chi connectivity index (χ1n) is 8.84. The molecule has 3 rings (SSSR count). The van der Waals surface area contributed by atoms with Crippen molar-refractivity contribution in [2.45, 2.75) is 39.3 Å². The number of fused-ring (bicyclic) bond motifs is 1. The van der Waals surface area contributed by atoms with Crippen LogP contribution >= 0.6 is 0 Å². The second-order valence-electron chi connectivity index (χ2n) is 6.53. The molecule has 0 spiro atoms. The molecule has 1 N–H and O–H groups in total. The van der Waals surface area contributed by atoms with Gasteiger partial charge in [0.05, 0.1) is 5.56 Å². The Labute approximate surface area is 159 Å². The van der Waals surface area contributed by atoms with E-state index in [0.29, 0.717) is 25.2 Å². The number of nitrogens with zero attached hydrogens (tertiary/aromatic N) is 4. The molecule has 2 heterocycles. The van der Waals surface area contributed by atoms with Gasteiger partial charge in [0.25, 0.3) is 5.78 Å². The van der Waals surface area contributed by atoms with E-state index in [1.165, 1.54) is 18.5 Å². The fraction of sp³-hybridized carbons (Fsp3) is 0.368. The first-order valence-corrected chi connectivity index (χ1v) is 8.84. The van der Waals surface area contributed by atoms with E-state index in [1.54, 1.807) is 4.52 Å². The number of nitrogens with one attached hydrogen (secondary N) is 1. The van der Waals surface area contributed by atoms with Gasteiger partial charge in [-0.25, -0.2) is 9.50 Å². The van der Waals surface area contributed by atoms with Crippen LogP contribution in [0.3, 0.4) is 0 Å². The van der Waals surface area contributed by atoms with Crippen LogP contribution in [0.4, 0.5) is 13.2 Å². The van der Waals surface area contributed by atoms with Crippen LogP contribution in [0.15, 0.2) is 30.6 Å². The number of hydrogen-bond donors (Lipinski definition) is 1. The summed E-state index contributed by atoms with van der Waals surface area (Å²) in [6.45, 7) is 4.15. The lowest BCUT2D eigenvalue weighted by atomic mass is 10.1. The van der Waals surface area contributed by atoms with Gasteiger partial charge >= 0.3 is 6.18 Å². The number of halogens is 3. The van der Waals surface area contributed by atoms with E-state index in [0.717, 1.165) is 34.6 Å². The predicted octanol–water partition coefficient (Wildman–Crippen LogP) is 3.05. The molecule has 0 unspecified atom stereocenters. The van der Waals surface area contributed by atoms with E-state index in [2.05, 4.69) is 20.4 Å². The number of alkyl halides is 3. The normalized spacial score (nSPS) is 11.8. The van der Waals surface area contributed by atoms with Gasteiger partial charge in [-0.3, -0.25) is 4.79 Å². The predicted molar refractivity (Wildman–Crippen MR) is 96.7 cm³/mol. The molecule has 3 aromatic rings. The van der Waals surface area contributed by atoms with Crippen molar-refractivity contribution in [2.24, 2.45) is 0 Å². The number of aryl methyl sites for hydroxylation is 2. The van der Waals surface area contributed by atoms with E-state index in [-0.39, 0.29) is 12.3 Å². The standard InChI is InChI=1S/C19H20F3N5O/c1-12-16(13(2)27-18(26-12)24-11-25-27)7-8-17(28)23-10-9-14-3-5-15(6-4-14)19(20,21)22/h3-6,11H,7-10H2,1-2H3,(H,23,28). The number of amides is 1. The van der Waals surface area contributed by atoms with Crippen molar-refractivity contribution in [2.75, 3.05) is 6.54 Å². The molecule has 0 radical (unpaired) electrons. The zero-order valence-electron chi connectivity index (χ0n) is 15.5. The number of benzene rings is 1. The maximum absolute atomic E-state index is 12.6. The van der Waals surface area contributed by atoms with Gasteiger partial charge in [-0.2, -0.15) is 23.3 Å². The Morgan fingerprint density at radius 1 is 1.14 bits per heavy atom. The van der Waals surface area contributed by atoms with E-state index in [1.807, 2.05) is 13.8 Å². The van der Waals surface area contributed by atoms with Crippen molar-refractivity contribution in [3.05, 3.63) is 58.7 Å². The van der Waals surface area contributed by atoms with Crippen molar-refractivity contribution >= 4 is 11.7 Å². The zero-order chi connectivity index (χ0) is 20.3. The molecule has 28 heavy (non-hydrogen) atoms. The number of rotatable bonds is 6. The number of aromatic nitrogens is 4. The summed E-state index contributed by atoms with van der Waals surface area (Å²) in [6, 6.07) is 4.97. The van der Waals surface area contributed by atoms with Crippen LogP contribution in [0, 0.1) is 13.8 Å². The van der Waals surface area contributed by atoms with Gasteiger partial charge in [0.1, 0.15) is 6.33 Å². The molecule has 148 valence electrons. The lowest BCUT2D eigenvalue weighted by Crippen LogP contribution is -2.26. The van der Waals surface area contributed by atoms with Crippen molar-refractivity contribution in [3.63, 3.8) is 0 Å². The Hall–Kier alpha value is -2.97. The summed E-state index contributed by atoms with van der Waals surface area (Å²) in [4.78, 5) is 20.6. The summed E-state index contributed by atoms with van der Waals surface area (Å²) in [6.07, 6.45) is -1.63. The Balaban J connectivity index is 1.50. The minimum Gasteiger partial charge on any atom is -0.356 e. The highest BCUT2D eigenvalue weighted by Crippen LogP contribution is 2.29. The van der Waals surface area contributed by atoms with Gasteiger partial charge < -0.3 is 5.32 Å². The number of carbonyl (C=O) groups is 1. The summed E-state index contributed by atoms with van der Waals surface area (Å²) >= 11 is 0. The average Bonchev–Trinajstić information content (AvgIpc) is 3.09. The summed E-state index contributed by atoms with van der Waals surface area (Å²) in [5.41, 5.74) is 2.73. The van der Waals surface area contributed by atoms with Crippen LogP contribution in [0.5, 0.6) is 0 Å². The van der Waals surface area contributed by atoms with Crippen molar-refractivity contribution in [1.29, 1.82) is 0 Å². The van der Waals surface area contributed by atoms with Gasteiger partial charge in [-0.15, -0.1) is 0 Å².